The summed E-state index contributed by atoms with van der Waals surface area (Å²) in [5, 5.41) is 24.5. The Morgan fingerprint density at radius 3 is 2.40 bits per heavy atom. The van der Waals surface area contributed by atoms with Crippen molar-refractivity contribution in [1.82, 2.24) is 15.2 Å². The second-order valence-corrected chi connectivity index (χ2v) is 15.7. The summed E-state index contributed by atoms with van der Waals surface area (Å²) in [6.45, 7) is 0.834. The summed E-state index contributed by atoms with van der Waals surface area (Å²) < 4.78 is 32.6. The van der Waals surface area contributed by atoms with E-state index in [0.29, 0.717) is 0 Å². The van der Waals surface area contributed by atoms with Gasteiger partial charge in [0, 0.05) is 30.1 Å². The number of hydrogen-bond acceptors (Lipinski definition) is 15. The summed E-state index contributed by atoms with van der Waals surface area (Å²) in [6.07, 6.45) is -3.45. The lowest BCUT2D eigenvalue weighted by Crippen LogP contribution is -2.70. The summed E-state index contributed by atoms with van der Waals surface area (Å²) in [5.41, 5.74) is -0.237. The monoisotopic (exact) mass is 745 g/mol. The molecule has 2 aliphatic heterocycles. The number of carbonyl (C=O) groups is 5. The highest BCUT2D eigenvalue weighted by atomic mass is 32.2. The molecule has 0 aliphatic carbocycles. The number of thioether (sulfide) groups is 1. The summed E-state index contributed by atoms with van der Waals surface area (Å²) >= 11 is 2.02. The first-order valence-electron chi connectivity index (χ1n) is 13.0. The largest absolute Gasteiger partial charge is 0.512 e. The Morgan fingerprint density at radius 1 is 1.17 bits per heavy atom. The minimum atomic E-state index is -5.62. The quantitative estimate of drug-likeness (QED) is 0.0289. The normalized spacial score (nSPS) is 18.6. The third-order valence-electron chi connectivity index (χ3n) is 6.40. The van der Waals surface area contributed by atoms with E-state index in [2.05, 4.69) is 20.8 Å². The van der Waals surface area contributed by atoms with Crippen LogP contribution in [0.15, 0.2) is 22.0 Å². The Morgan fingerprint density at radius 2 is 1.83 bits per heavy atom. The molecule has 0 aromatic carbocycles. The highest BCUT2D eigenvalue weighted by Gasteiger charge is 2.58. The number of anilines is 1. The lowest BCUT2D eigenvalue weighted by molar-refractivity contribution is -0.148. The zero-order valence-electron chi connectivity index (χ0n) is 24.3. The molecular weight excluding hydrogens is 716 g/mol. The van der Waals surface area contributed by atoms with Crippen LogP contribution in [0.25, 0.3) is 0 Å². The molecule has 21 nitrogen and oxygen atoms in total. The van der Waals surface area contributed by atoms with Crippen LogP contribution in [0, 0.1) is 0 Å². The Balaban J connectivity index is 1.62. The topological polar surface area (TPSA) is 321 Å². The Hall–Kier alpha value is -3.40. The first-order valence-corrected chi connectivity index (χ1v) is 18.2. The summed E-state index contributed by atoms with van der Waals surface area (Å²) in [7, 11) is -10.1. The van der Waals surface area contributed by atoms with Crippen molar-refractivity contribution in [1.29, 1.82) is 0 Å². The third-order valence-corrected chi connectivity index (χ3v) is 12.4. The number of β-lactam (4-membered cyclic amide) rings is 1. The number of hydrogen-bond donors (Lipinski definition) is 8. The number of esters is 1. The van der Waals surface area contributed by atoms with Gasteiger partial charge in [0.15, 0.2) is 10.8 Å². The molecule has 0 bridgehead atoms. The van der Waals surface area contributed by atoms with Gasteiger partial charge in [0.2, 0.25) is 11.8 Å². The maximum Gasteiger partial charge on any atom is 0.512 e. The van der Waals surface area contributed by atoms with E-state index in [1.165, 1.54) is 5.38 Å². The average Bonchev–Trinajstić information content (AvgIpc) is 3.41. The molecule has 0 radical (unpaired) electrons. The smallest absolute Gasteiger partial charge is 0.461 e. The van der Waals surface area contributed by atoms with Gasteiger partial charge in [-0.2, -0.15) is 0 Å². The number of thiazole rings is 1. The van der Waals surface area contributed by atoms with Crippen LogP contribution in [-0.2, 0) is 42.6 Å². The molecule has 3 rings (SSSR count). The van der Waals surface area contributed by atoms with E-state index in [4.69, 9.17) is 19.4 Å². The second-order valence-electron chi connectivity index (χ2n) is 9.70. The van der Waals surface area contributed by atoms with Gasteiger partial charge in [-0.05, 0) is 19.3 Å². The average molecular weight is 746 g/mol. The summed E-state index contributed by atoms with van der Waals surface area (Å²) in [5.74, 6) is -3.15. The first kappa shape index (κ1) is 38.1. The number of oxime groups is 1. The lowest BCUT2D eigenvalue weighted by Gasteiger charge is -2.49. The second kappa shape index (κ2) is 15.2. The molecule has 260 valence electrons. The van der Waals surface area contributed by atoms with Crippen molar-refractivity contribution >= 4 is 79.0 Å². The number of aromatic nitrogens is 1. The van der Waals surface area contributed by atoms with Gasteiger partial charge in [0.25, 0.3) is 16.9 Å². The highest BCUT2D eigenvalue weighted by Crippen LogP contribution is 2.69. The van der Waals surface area contributed by atoms with Crippen LogP contribution in [0.3, 0.4) is 0 Å². The van der Waals surface area contributed by atoms with Crippen molar-refractivity contribution in [2.75, 3.05) is 24.8 Å². The van der Waals surface area contributed by atoms with Crippen LogP contribution in [0.4, 0.5) is 9.93 Å². The van der Waals surface area contributed by atoms with Gasteiger partial charge in [0.1, 0.15) is 30.8 Å². The number of unbranched alkanes of at least 4 members (excludes halogenated alkanes) is 1. The van der Waals surface area contributed by atoms with Gasteiger partial charge in [0.05, 0.1) is 0 Å². The molecule has 3 amide bonds. The van der Waals surface area contributed by atoms with E-state index >= 15 is 0 Å². The van der Waals surface area contributed by atoms with Crippen LogP contribution in [-0.4, -0.2) is 111 Å². The number of carbonyl (C=O) groups excluding carboxylic acids is 4. The van der Waals surface area contributed by atoms with Crippen LogP contribution in [0.1, 0.15) is 38.3 Å². The molecule has 2 aliphatic rings. The van der Waals surface area contributed by atoms with E-state index in [9.17, 15) is 57.8 Å². The Labute approximate surface area is 272 Å². The van der Waals surface area contributed by atoms with E-state index in [1.54, 1.807) is 0 Å². The molecule has 1 aromatic heterocycles. The maximum atomic E-state index is 13.1. The molecule has 3 heterocycles. The third kappa shape index (κ3) is 8.95. The fourth-order valence-electron chi connectivity index (χ4n) is 4.13. The number of nitrogens with one attached hydrogen (secondary N) is 2. The first-order chi connectivity index (χ1) is 21.8. The van der Waals surface area contributed by atoms with Gasteiger partial charge in [-0.1, -0.05) is 5.16 Å². The number of nitrogens with zero attached hydrogens (tertiary/aromatic N) is 3. The van der Waals surface area contributed by atoms with Crippen LogP contribution in [0.5, 0.6) is 0 Å². The predicted molar refractivity (Wildman–Crippen MR) is 160 cm³/mol. The maximum absolute atomic E-state index is 13.1. The molecule has 47 heavy (non-hydrogen) atoms. The van der Waals surface area contributed by atoms with Crippen molar-refractivity contribution in [3.05, 3.63) is 22.5 Å². The van der Waals surface area contributed by atoms with Gasteiger partial charge in [-0.3, -0.25) is 33.2 Å². The fraction of sp³-hybridized carbons (Fsp3) is 0.500. The number of fused-ring (bicyclic) bond motifs is 1. The Kier molecular flexibility index (Phi) is 12.3. The highest BCUT2D eigenvalue weighted by molar-refractivity contribution is 8.00. The molecule has 1 fully saturated rings. The van der Waals surface area contributed by atoms with E-state index in [1.807, 2.05) is 0 Å². The van der Waals surface area contributed by atoms with Crippen molar-refractivity contribution in [2.45, 2.75) is 49.1 Å². The molecule has 8 N–H and O–H groups in total. The molecule has 1 saturated heterocycles. The molecule has 0 unspecified atom stereocenters. The van der Waals surface area contributed by atoms with Crippen LogP contribution in [0.2, 0.25) is 0 Å². The lowest BCUT2D eigenvalue weighted by atomic mass is 10.1. The number of rotatable bonds is 15. The molecule has 2 atom stereocenters. The molecule has 1 aromatic rings. The van der Waals surface area contributed by atoms with Gasteiger partial charge in [-0.15, -0.1) is 23.1 Å². The van der Waals surface area contributed by atoms with E-state index in [0.717, 1.165) is 42.0 Å². The van der Waals surface area contributed by atoms with Crippen molar-refractivity contribution < 1.29 is 77.2 Å². The molecule has 0 spiro atoms. The number of aliphatic hydroxyl groups is 1. The van der Waals surface area contributed by atoms with Crippen LogP contribution < -0.4 is 10.6 Å². The minimum Gasteiger partial charge on any atom is -0.461 e. The van der Waals surface area contributed by atoms with Gasteiger partial charge in [-0.25, -0.2) is 9.78 Å². The number of carboxylic acid groups (broad SMARTS) is 1. The van der Waals surface area contributed by atoms with Crippen molar-refractivity contribution in [3.63, 3.8) is 0 Å². The Bertz CT molecular complexity index is 1560. The molecule has 0 saturated carbocycles. The summed E-state index contributed by atoms with van der Waals surface area (Å²) in [4.78, 5) is 108. The van der Waals surface area contributed by atoms with Gasteiger partial charge < -0.3 is 54.7 Å². The zero-order valence-corrected chi connectivity index (χ0v) is 27.7. The van der Waals surface area contributed by atoms with Gasteiger partial charge >= 0.3 is 27.3 Å². The van der Waals surface area contributed by atoms with E-state index < -0.39 is 73.7 Å². The molecule has 25 heteroatoms. The SMILES string of the molecule is CO/N=C(\C(=O)N[C@@H]1C(=O)N2C(OC(=O)O)=C(COC(C)=O)CS[C@@H]12)c1csc(NC(=O)CCCCC(O)(P(=O)(O)O)P(=O)(O)O)n1. The minimum absolute atomic E-state index is 0.0156. The standard InChI is InChI=1S/C22H29N5O16P2S2/c1-10(28)42-7-11-8-46-19-15(17(31)27(19)18(11)43-21(32)33)25-16(30)14(26-41-2)12-9-47-20(23-12)24-13(29)5-3-4-6-22(34,44(35,36)37)45(38,39)40/h9,15,19,34H,3-8H2,1-2H3,(H,25,30)(H,32,33)(H,23,24,29)(H2,35,36,37)(H2,38,39,40)/b26-14-/t15-,19+/m1/s1. The van der Waals surface area contributed by atoms with Crippen molar-refractivity contribution in [3.8, 4) is 0 Å². The zero-order chi connectivity index (χ0) is 35.3. The fourth-order valence-corrected chi connectivity index (χ4v) is 8.41. The number of amides is 3. The predicted octanol–water partition coefficient (Wildman–Crippen LogP) is -0.137. The van der Waals surface area contributed by atoms with Crippen LogP contribution >= 0.6 is 38.3 Å². The molecular formula is C22H29N5O16P2S2. The summed E-state index contributed by atoms with van der Waals surface area (Å²) in [6, 6.07) is -1.15. The number of ether oxygens (including phenoxy) is 2. The van der Waals surface area contributed by atoms with Crippen molar-refractivity contribution in [2.24, 2.45) is 5.16 Å². The van der Waals surface area contributed by atoms with E-state index in [-0.39, 0.29) is 53.9 Å².